The molecule has 1 fully saturated rings. The largest absolute Gasteiger partial charge is 0.493 e. The van der Waals surface area contributed by atoms with Crippen molar-refractivity contribution in [3.8, 4) is 11.5 Å². The summed E-state index contributed by atoms with van der Waals surface area (Å²) in [6.45, 7) is 4.96. The molecule has 0 radical (unpaired) electrons. The third-order valence-electron chi connectivity index (χ3n) is 4.11. The minimum Gasteiger partial charge on any atom is -0.493 e. The molecular weight excluding hydrogens is 421 g/mol. The number of methoxy groups -OCH3 is 1. The molecule has 0 saturated carbocycles. The van der Waals surface area contributed by atoms with E-state index in [-0.39, 0.29) is 37.2 Å². The summed E-state index contributed by atoms with van der Waals surface area (Å²) in [5, 5.41) is 8.83. The number of likely N-dealkylation sites (tertiary alicyclic amines) is 1. The molecule has 136 valence electrons. The maximum Gasteiger partial charge on any atom is 0.191 e. The van der Waals surface area contributed by atoms with Crippen molar-refractivity contribution in [1.29, 1.82) is 0 Å². The molecule has 6 nitrogen and oxygen atoms in total. The number of rotatable bonds is 6. The topological polar surface area (TPSA) is 80.3 Å². The van der Waals surface area contributed by atoms with Gasteiger partial charge in [0.2, 0.25) is 0 Å². The first-order chi connectivity index (χ1) is 11.1. The van der Waals surface area contributed by atoms with Gasteiger partial charge in [-0.2, -0.15) is 0 Å². The van der Waals surface area contributed by atoms with E-state index in [1.54, 1.807) is 7.11 Å². The van der Waals surface area contributed by atoms with E-state index >= 15 is 0 Å². The lowest BCUT2D eigenvalue weighted by molar-refractivity contribution is 0.196. The van der Waals surface area contributed by atoms with E-state index in [1.165, 1.54) is 12.8 Å². The number of aliphatic imine (C=N–C) groups is 1. The maximum absolute atomic E-state index is 8.83. The van der Waals surface area contributed by atoms with Crippen molar-refractivity contribution < 1.29 is 14.6 Å². The van der Waals surface area contributed by atoms with Crippen LogP contribution in [0.4, 0.5) is 0 Å². The van der Waals surface area contributed by atoms with Crippen LogP contribution in [0.3, 0.4) is 0 Å². The normalized spacial score (nSPS) is 15.8. The van der Waals surface area contributed by atoms with Crippen molar-refractivity contribution in [3.63, 3.8) is 0 Å². The summed E-state index contributed by atoms with van der Waals surface area (Å²) in [4.78, 5) is 6.64. The molecule has 3 N–H and O–H groups in total. The number of aliphatic hydroxyl groups excluding tert-OH is 1. The van der Waals surface area contributed by atoms with Crippen LogP contribution >= 0.6 is 24.0 Å². The van der Waals surface area contributed by atoms with Gasteiger partial charge in [0.1, 0.15) is 6.61 Å². The number of ether oxygens (including phenoxy) is 2. The van der Waals surface area contributed by atoms with E-state index in [0.717, 1.165) is 24.6 Å². The maximum atomic E-state index is 8.83. The number of hydrogen-bond donors (Lipinski definition) is 2. The SMILES string of the molecule is COc1cc(CN=C(N)N2CCC(C)CC2)ccc1OCCO.I. The second kappa shape index (κ2) is 10.6. The highest BCUT2D eigenvalue weighted by Gasteiger charge is 2.16. The molecule has 0 spiro atoms. The van der Waals surface area contributed by atoms with Crippen LogP contribution in [0.15, 0.2) is 23.2 Å². The molecule has 1 aliphatic rings. The van der Waals surface area contributed by atoms with Crippen LogP contribution in [-0.2, 0) is 6.54 Å². The average Bonchev–Trinajstić information content (AvgIpc) is 2.58. The van der Waals surface area contributed by atoms with E-state index in [1.807, 2.05) is 18.2 Å². The third kappa shape index (κ3) is 6.01. The minimum atomic E-state index is -0.0276. The van der Waals surface area contributed by atoms with E-state index in [4.69, 9.17) is 20.3 Å². The zero-order valence-electron chi connectivity index (χ0n) is 14.4. The molecule has 0 aliphatic carbocycles. The number of halogens is 1. The Morgan fingerprint density at radius 1 is 1.33 bits per heavy atom. The van der Waals surface area contributed by atoms with Crippen molar-refractivity contribution in [2.75, 3.05) is 33.4 Å². The van der Waals surface area contributed by atoms with Gasteiger partial charge in [-0.1, -0.05) is 13.0 Å². The van der Waals surface area contributed by atoms with Crippen molar-refractivity contribution in [2.24, 2.45) is 16.6 Å². The number of hydrogen-bond acceptors (Lipinski definition) is 4. The van der Waals surface area contributed by atoms with Crippen LogP contribution < -0.4 is 15.2 Å². The summed E-state index contributed by atoms with van der Waals surface area (Å²) < 4.78 is 10.7. The summed E-state index contributed by atoms with van der Waals surface area (Å²) >= 11 is 0. The van der Waals surface area contributed by atoms with Crippen molar-refractivity contribution in [3.05, 3.63) is 23.8 Å². The first kappa shape index (κ1) is 20.8. The Bertz CT molecular complexity index is 532. The Kier molecular flexibility index (Phi) is 9.20. The number of aliphatic hydroxyl groups is 1. The van der Waals surface area contributed by atoms with Gasteiger partial charge in [0.05, 0.1) is 20.3 Å². The van der Waals surface area contributed by atoms with Gasteiger partial charge >= 0.3 is 0 Å². The van der Waals surface area contributed by atoms with Crippen LogP contribution in [-0.4, -0.2) is 49.4 Å². The third-order valence-corrected chi connectivity index (χ3v) is 4.11. The van der Waals surface area contributed by atoms with E-state index < -0.39 is 0 Å². The number of guanidine groups is 1. The highest BCUT2D eigenvalue weighted by Crippen LogP contribution is 2.28. The fraction of sp³-hybridized carbons (Fsp3) is 0.588. The molecule has 0 aromatic heterocycles. The Morgan fingerprint density at radius 2 is 2.04 bits per heavy atom. The molecule has 0 unspecified atom stereocenters. The molecule has 0 atom stereocenters. The highest BCUT2D eigenvalue weighted by atomic mass is 127. The second-order valence-electron chi connectivity index (χ2n) is 5.90. The average molecular weight is 449 g/mol. The van der Waals surface area contributed by atoms with Gasteiger partial charge in [0.15, 0.2) is 17.5 Å². The fourth-order valence-electron chi connectivity index (χ4n) is 2.60. The summed E-state index contributed by atoms with van der Waals surface area (Å²) in [5.41, 5.74) is 7.11. The first-order valence-electron chi connectivity index (χ1n) is 8.09. The first-order valence-corrected chi connectivity index (χ1v) is 8.09. The summed E-state index contributed by atoms with van der Waals surface area (Å²) in [6.07, 6.45) is 2.34. The van der Waals surface area contributed by atoms with Crippen LogP contribution in [0, 0.1) is 5.92 Å². The van der Waals surface area contributed by atoms with Crippen molar-refractivity contribution >= 4 is 29.9 Å². The molecular formula is C17H28IN3O3. The summed E-state index contributed by atoms with van der Waals surface area (Å²) in [6, 6.07) is 5.66. The Balaban J connectivity index is 0.00000288. The second-order valence-corrected chi connectivity index (χ2v) is 5.90. The molecule has 24 heavy (non-hydrogen) atoms. The molecule has 1 heterocycles. The minimum absolute atomic E-state index is 0. The summed E-state index contributed by atoms with van der Waals surface area (Å²) in [5.74, 6) is 2.63. The lowest BCUT2D eigenvalue weighted by Crippen LogP contribution is -2.42. The lowest BCUT2D eigenvalue weighted by atomic mass is 10.00. The molecule has 1 saturated heterocycles. The van der Waals surface area contributed by atoms with Gasteiger partial charge in [-0.25, -0.2) is 4.99 Å². The molecule has 0 bridgehead atoms. The predicted octanol–water partition coefficient (Wildman–Crippen LogP) is 2.23. The van der Waals surface area contributed by atoms with Gasteiger partial charge < -0.3 is 25.2 Å². The van der Waals surface area contributed by atoms with Crippen LogP contribution in [0.5, 0.6) is 11.5 Å². The monoisotopic (exact) mass is 449 g/mol. The fourth-order valence-corrected chi connectivity index (χ4v) is 2.60. The highest BCUT2D eigenvalue weighted by molar-refractivity contribution is 14.0. The smallest absolute Gasteiger partial charge is 0.191 e. The standard InChI is InChI=1S/C17H27N3O3.HI/c1-13-5-7-20(8-6-13)17(18)19-12-14-3-4-15(23-10-9-21)16(11-14)22-2;/h3-4,11,13,21H,5-10,12H2,1-2H3,(H2,18,19);1H. The molecule has 7 heteroatoms. The van der Waals surface area contributed by atoms with Gasteiger partial charge in [-0.3, -0.25) is 0 Å². The Labute approximate surface area is 161 Å². The zero-order chi connectivity index (χ0) is 16.7. The lowest BCUT2D eigenvalue weighted by Gasteiger charge is -2.31. The van der Waals surface area contributed by atoms with Gasteiger partial charge in [0.25, 0.3) is 0 Å². The zero-order valence-corrected chi connectivity index (χ0v) is 16.7. The van der Waals surface area contributed by atoms with Crippen LogP contribution in [0.1, 0.15) is 25.3 Å². The summed E-state index contributed by atoms with van der Waals surface area (Å²) in [7, 11) is 1.59. The molecule has 1 aromatic rings. The van der Waals surface area contributed by atoms with Gasteiger partial charge in [0, 0.05) is 13.1 Å². The quantitative estimate of drug-likeness (QED) is 0.396. The van der Waals surface area contributed by atoms with Crippen LogP contribution in [0.25, 0.3) is 0 Å². The van der Waals surface area contributed by atoms with Crippen molar-refractivity contribution in [2.45, 2.75) is 26.3 Å². The number of nitrogens with two attached hydrogens (primary N) is 1. The number of piperidine rings is 1. The van der Waals surface area contributed by atoms with Crippen LogP contribution in [0.2, 0.25) is 0 Å². The predicted molar refractivity (Wildman–Crippen MR) is 106 cm³/mol. The Morgan fingerprint density at radius 3 is 2.67 bits per heavy atom. The molecule has 1 aliphatic heterocycles. The van der Waals surface area contributed by atoms with Crippen molar-refractivity contribution in [1.82, 2.24) is 4.90 Å². The molecule has 2 rings (SSSR count). The van der Waals surface area contributed by atoms with E-state index in [9.17, 15) is 0 Å². The molecule has 0 amide bonds. The van der Waals surface area contributed by atoms with Gasteiger partial charge in [-0.05, 0) is 36.5 Å². The van der Waals surface area contributed by atoms with Gasteiger partial charge in [-0.15, -0.1) is 24.0 Å². The van der Waals surface area contributed by atoms with E-state index in [2.05, 4.69) is 16.8 Å². The number of nitrogens with zero attached hydrogens (tertiary/aromatic N) is 2. The molecule has 1 aromatic carbocycles. The van der Waals surface area contributed by atoms with E-state index in [0.29, 0.717) is 24.0 Å². The number of benzene rings is 1. The Hall–Kier alpha value is -1.22.